The number of amides is 2. The highest BCUT2D eigenvalue weighted by Gasteiger charge is 2.16. The summed E-state index contributed by atoms with van der Waals surface area (Å²) >= 11 is 13.6. The Hall–Kier alpha value is -2.97. The van der Waals surface area contributed by atoms with Gasteiger partial charge in [-0.1, -0.05) is 41.4 Å². The zero-order valence-corrected chi connectivity index (χ0v) is 22.6. The highest BCUT2D eigenvalue weighted by Crippen LogP contribution is 2.30. The van der Waals surface area contributed by atoms with Crippen LogP contribution in [0.4, 0.5) is 17.1 Å². The van der Waals surface area contributed by atoms with Crippen molar-refractivity contribution in [2.24, 2.45) is 0 Å². The Bertz CT molecular complexity index is 1150. The minimum absolute atomic E-state index is 0.315. The van der Waals surface area contributed by atoms with E-state index in [0.717, 1.165) is 28.6 Å². The van der Waals surface area contributed by atoms with Crippen molar-refractivity contribution in [1.29, 1.82) is 0 Å². The number of halogens is 2. The van der Waals surface area contributed by atoms with E-state index in [1.807, 2.05) is 54.6 Å². The highest BCUT2D eigenvalue weighted by molar-refractivity contribution is 8.00. The molecule has 0 aliphatic carbocycles. The molecule has 0 atom stereocenters. The third-order valence-corrected chi connectivity index (χ3v) is 6.38. The monoisotopic (exact) mass is 545 g/mol. The van der Waals surface area contributed by atoms with Crippen LogP contribution in [0.2, 0.25) is 10.0 Å². The molecule has 0 spiro atoms. The van der Waals surface area contributed by atoms with Gasteiger partial charge in [0.1, 0.15) is 6.73 Å². The molecule has 0 radical (unpaired) electrons. The lowest BCUT2D eigenvalue weighted by Crippen LogP contribution is -2.25. The summed E-state index contributed by atoms with van der Waals surface area (Å²) in [5, 5.41) is 6.58. The molecule has 3 aromatic carbocycles. The SMILES string of the molecule is C=C.Cc1ccc(NC(=O)c2ccc(N3COCCS3)cc2Cl)cc1NC=O.Cc1cccc(Cl)c1. The summed E-state index contributed by atoms with van der Waals surface area (Å²) in [5.41, 5.74) is 4.59. The van der Waals surface area contributed by atoms with E-state index in [1.54, 1.807) is 36.2 Å². The van der Waals surface area contributed by atoms with Gasteiger partial charge in [0.05, 0.1) is 22.9 Å². The molecule has 1 heterocycles. The van der Waals surface area contributed by atoms with Crippen LogP contribution in [0.15, 0.2) is 73.8 Å². The van der Waals surface area contributed by atoms with Gasteiger partial charge in [0.2, 0.25) is 6.41 Å². The Morgan fingerprint density at radius 3 is 2.44 bits per heavy atom. The fourth-order valence-corrected chi connectivity index (χ4v) is 4.44. The van der Waals surface area contributed by atoms with Gasteiger partial charge in [0.25, 0.3) is 5.91 Å². The summed E-state index contributed by atoms with van der Waals surface area (Å²) in [6, 6.07) is 18.3. The first kappa shape index (κ1) is 29.3. The standard InChI is InChI=1S/C18H18ClN3O3S.C7H7Cl.C2H4/c1-12-2-3-13(8-17(12)20-10-23)21-18(24)15-5-4-14(9-16(15)19)22-11-25-6-7-26-22;1-6-3-2-4-7(8)5-6;1-2/h2-5,8-10H,6-7,11H2,1H3,(H,20,23)(H,21,24);2-5H,1H3;1-2H2. The molecule has 0 saturated carbocycles. The zero-order valence-electron chi connectivity index (χ0n) is 20.2. The number of carbonyl (C=O) groups excluding carboxylic acids is 2. The maximum Gasteiger partial charge on any atom is 0.257 e. The summed E-state index contributed by atoms with van der Waals surface area (Å²) in [4.78, 5) is 23.2. The van der Waals surface area contributed by atoms with Crippen molar-refractivity contribution in [2.45, 2.75) is 13.8 Å². The van der Waals surface area contributed by atoms with E-state index in [1.165, 1.54) is 5.56 Å². The van der Waals surface area contributed by atoms with Crippen LogP contribution in [0.1, 0.15) is 21.5 Å². The average Bonchev–Trinajstić information content (AvgIpc) is 2.88. The molecule has 4 rings (SSSR count). The summed E-state index contributed by atoms with van der Waals surface area (Å²) in [6.45, 7) is 11.1. The minimum Gasteiger partial charge on any atom is -0.359 e. The van der Waals surface area contributed by atoms with Crippen molar-refractivity contribution in [3.63, 3.8) is 0 Å². The van der Waals surface area contributed by atoms with Gasteiger partial charge in [-0.2, -0.15) is 0 Å². The summed E-state index contributed by atoms with van der Waals surface area (Å²) in [7, 11) is 0. The smallest absolute Gasteiger partial charge is 0.257 e. The molecule has 0 bridgehead atoms. The second-order valence-corrected chi connectivity index (χ2v) is 9.41. The van der Waals surface area contributed by atoms with Crippen LogP contribution in [-0.2, 0) is 9.53 Å². The fraction of sp³-hybridized carbons (Fsp3) is 0.185. The van der Waals surface area contributed by atoms with Gasteiger partial charge in [0.15, 0.2) is 0 Å². The number of aryl methyl sites for hydroxylation is 2. The topological polar surface area (TPSA) is 70.7 Å². The highest BCUT2D eigenvalue weighted by atomic mass is 35.5. The predicted octanol–water partition coefficient (Wildman–Crippen LogP) is 7.36. The van der Waals surface area contributed by atoms with Gasteiger partial charge in [-0.05, 0) is 79.4 Å². The second kappa shape index (κ2) is 15.2. The summed E-state index contributed by atoms with van der Waals surface area (Å²) < 4.78 is 7.42. The van der Waals surface area contributed by atoms with Gasteiger partial charge < -0.3 is 15.4 Å². The molecule has 9 heteroatoms. The summed E-state index contributed by atoms with van der Waals surface area (Å²) in [5.74, 6) is 0.565. The van der Waals surface area contributed by atoms with Crippen LogP contribution in [0.3, 0.4) is 0 Å². The number of rotatable bonds is 5. The number of ether oxygens (including phenoxy) is 1. The van der Waals surface area contributed by atoms with Crippen LogP contribution in [-0.4, -0.2) is 31.4 Å². The quantitative estimate of drug-likeness (QED) is 0.199. The Morgan fingerprint density at radius 1 is 1.08 bits per heavy atom. The van der Waals surface area contributed by atoms with E-state index in [-0.39, 0.29) is 5.91 Å². The maximum absolute atomic E-state index is 12.5. The second-order valence-electron chi connectivity index (χ2n) is 7.46. The lowest BCUT2D eigenvalue weighted by molar-refractivity contribution is -0.105. The lowest BCUT2D eigenvalue weighted by Gasteiger charge is -2.27. The van der Waals surface area contributed by atoms with Crippen molar-refractivity contribution in [2.75, 3.05) is 34.0 Å². The van der Waals surface area contributed by atoms with E-state index in [9.17, 15) is 9.59 Å². The van der Waals surface area contributed by atoms with Crippen LogP contribution in [0, 0.1) is 13.8 Å². The number of anilines is 3. The van der Waals surface area contributed by atoms with Gasteiger partial charge in [-0.3, -0.25) is 13.9 Å². The van der Waals surface area contributed by atoms with Crippen molar-refractivity contribution < 1.29 is 14.3 Å². The van der Waals surface area contributed by atoms with Crippen molar-refractivity contribution in [3.05, 3.63) is 101 Å². The van der Waals surface area contributed by atoms with Crippen molar-refractivity contribution >= 4 is 64.5 Å². The van der Waals surface area contributed by atoms with Crippen LogP contribution < -0.4 is 14.9 Å². The lowest BCUT2D eigenvalue weighted by atomic mass is 10.1. The number of hydrogen-bond acceptors (Lipinski definition) is 5. The molecule has 190 valence electrons. The number of nitrogens with one attached hydrogen (secondary N) is 2. The van der Waals surface area contributed by atoms with E-state index >= 15 is 0 Å². The van der Waals surface area contributed by atoms with E-state index < -0.39 is 0 Å². The largest absolute Gasteiger partial charge is 0.359 e. The Kier molecular flexibility index (Phi) is 12.4. The molecule has 0 aromatic heterocycles. The molecule has 6 nitrogen and oxygen atoms in total. The number of hydrogen-bond donors (Lipinski definition) is 2. The Labute approximate surface area is 226 Å². The van der Waals surface area contributed by atoms with E-state index in [2.05, 4.69) is 23.8 Å². The molecule has 1 saturated heterocycles. The molecule has 36 heavy (non-hydrogen) atoms. The van der Waals surface area contributed by atoms with E-state index in [4.69, 9.17) is 27.9 Å². The van der Waals surface area contributed by atoms with Gasteiger partial charge >= 0.3 is 0 Å². The predicted molar refractivity (Wildman–Crippen MR) is 153 cm³/mol. The van der Waals surface area contributed by atoms with Gasteiger partial charge in [-0.25, -0.2) is 0 Å². The zero-order chi connectivity index (χ0) is 26.5. The van der Waals surface area contributed by atoms with Crippen LogP contribution in [0.25, 0.3) is 0 Å². The first-order chi connectivity index (χ1) is 17.4. The molecular formula is C27H29Cl2N3O3S. The number of carbonyl (C=O) groups is 2. The number of benzene rings is 3. The summed E-state index contributed by atoms with van der Waals surface area (Å²) in [6.07, 6.45) is 0.603. The van der Waals surface area contributed by atoms with Crippen LogP contribution in [0.5, 0.6) is 0 Å². The first-order valence-electron chi connectivity index (χ1n) is 11.0. The molecular weight excluding hydrogens is 517 g/mol. The third-order valence-electron chi connectivity index (χ3n) is 4.86. The fourth-order valence-electron chi connectivity index (χ4n) is 3.11. The molecule has 1 aliphatic heterocycles. The van der Waals surface area contributed by atoms with Gasteiger partial charge in [-0.15, -0.1) is 13.2 Å². The average molecular weight is 547 g/mol. The maximum atomic E-state index is 12.5. The molecule has 0 unspecified atom stereocenters. The first-order valence-corrected chi connectivity index (χ1v) is 12.7. The van der Waals surface area contributed by atoms with Crippen molar-refractivity contribution in [3.8, 4) is 0 Å². The van der Waals surface area contributed by atoms with E-state index in [0.29, 0.717) is 35.1 Å². The van der Waals surface area contributed by atoms with Crippen LogP contribution >= 0.6 is 35.1 Å². The van der Waals surface area contributed by atoms with Gasteiger partial charge in [0, 0.05) is 22.2 Å². The normalized spacial score (nSPS) is 12.3. The molecule has 3 aromatic rings. The third kappa shape index (κ3) is 8.91. The minimum atomic E-state index is -0.315. The molecule has 1 aliphatic rings. The Balaban J connectivity index is 0.000000384. The molecule has 1 fully saturated rings. The van der Waals surface area contributed by atoms with Crippen molar-refractivity contribution in [1.82, 2.24) is 0 Å². The molecule has 2 N–H and O–H groups in total. The molecule has 2 amide bonds. The number of nitrogens with zero attached hydrogens (tertiary/aromatic N) is 1. The Morgan fingerprint density at radius 2 is 1.86 bits per heavy atom.